The summed E-state index contributed by atoms with van der Waals surface area (Å²) in [5.74, 6) is 0.943. The number of nitrogens with zero attached hydrogens (tertiary/aromatic N) is 3. The van der Waals surface area contributed by atoms with Crippen LogP contribution in [-0.4, -0.2) is 47.2 Å². The van der Waals surface area contributed by atoms with Gasteiger partial charge in [-0.3, -0.25) is 9.89 Å². The Morgan fingerprint density at radius 1 is 1.17 bits per heavy atom. The van der Waals surface area contributed by atoms with Crippen molar-refractivity contribution in [1.82, 2.24) is 15.1 Å². The van der Waals surface area contributed by atoms with E-state index in [2.05, 4.69) is 44.3 Å². The van der Waals surface area contributed by atoms with Crippen LogP contribution in [0, 0.1) is 5.92 Å². The second-order valence-electron chi connectivity index (χ2n) is 6.58. The van der Waals surface area contributed by atoms with Crippen molar-refractivity contribution in [3.63, 3.8) is 0 Å². The lowest BCUT2D eigenvalue weighted by Gasteiger charge is -2.22. The quantitative estimate of drug-likeness (QED) is 0.944. The standard InChI is InChI=1S/C18H22N4O/c23-18-2-1-8-22(18)13-14-7-9-21(12-14)17-5-3-15(4-6-17)16-10-19-20-11-16/h3-6,10-11,14H,1-2,7-9,12-13H2,(H,19,20). The van der Waals surface area contributed by atoms with Gasteiger partial charge in [-0.25, -0.2) is 0 Å². The smallest absolute Gasteiger partial charge is 0.222 e. The molecule has 0 radical (unpaired) electrons. The van der Waals surface area contributed by atoms with Gasteiger partial charge in [-0.05, 0) is 36.5 Å². The van der Waals surface area contributed by atoms with Crippen molar-refractivity contribution in [2.24, 2.45) is 5.92 Å². The van der Waals surface area contributed by atoms with Crippen LogP contribution in [0.2, 0.25) is 0 Å². The first-order chi connectivity index (χ1) is 11.3. The molecule has 0 spiro atoms. The number of nitrogens with one attached hydrogen (secondary N) is 1. The van der Waals surface area contributed by atoms with E-state index in [0.29, 0.717) is 11.8 Å². The van der Waals surface area contributed by atoms with E-state index in [-0.39, 0.29) is 0 Å². The van der Waals surface area contributed by atoms with Crippen LogP contribution in [0.4, 0.5) is 5.69 Å². The molecular weight excluding hydrogens is 288 g/mol. The molecule has 5 nitrogen and oxygen atoms in total. The third-order valence-corrected chi connectivity index (χ3v) is 5.00. The first kappa shape index (κ1) is 14.3. The fourth-order valence-electron chi connectivity index (χ4n) is 3.70. The molecule has 1 atom stereocenters. The van der Waals surface area contributed by atoms with Crippen LogP contribution < -0.4 is 4.90 Å². The van der Waals surface area contributed by atoms with Gasteiger partial charge in [0.25, 0.3) is 0 Å². The van der Waals surface area contributed by atoms with Crippen LogP contribution >= 0.6 is 0 Å². The number of hydrogen-bond acceptors (Lipinski definition) is 3. The zero-order valence-corrected chi connectivity index (χ0v) is 13.2. The number of carbonyl (C=O) groups is 1. The highest BCUT2D eigenvalue weighted by molar-refractivity contribution is 5.78. The molecule has 1 unspecified atom stereocenters. The number of carbonyl (C=O) groups excluding carboxylic acids is 1. The van der Waals surface area contributed by atoms with E-state index in [1.54, 1.807) is 0 Å². The minimum absolute atomic E-state index is 0.341. The summed E-state index contributed by atoms with van der Waals surface area (Å²) in [6, 6.07) is 8.67. The van der Waals surface area contributed by atoms with Gasteiger partial charge in [0.2, 0.25) is 5.91 Å². The van der Waals surface area contributed by atoms with Crippen LogP contribution in [0.1, 0.15) is 19.3 Å². The van der Waals surface area contributed by atoms with E-state index in [1.165, 1.54) is 17.7 Å². The Balaban J connectivity index is 1.38. The molecule has 1 aromatic carbocycles. The van der Waals surface area contributed by atoms with Gasteiger partial charge in [-0.1, -0.05) is 12.1 Å². The predicted molar refractivity (Wildman–Crippen MR) is 90.2 cm³/mol. The molecule has 0 bridgehead atoms. The van der Waals surface area contributed by atoms with Gasteiger partial charge in [0.15, 0.2) is 0 Å². The number of rotatable bonds is 4. The summed E-state index contributed by atoms with van der Waals surface area (Å²) in [5.41, 5.74) is 3.57. The zero-order valence-electron chi connectivity index (χ0n) is 13.2. The average Bonchev–Trinajstić information content (AvgIpc) is 3.31. The predicted octanol–water partition coefficient (Wildman–Crippen LogP) is 2.53. The molecule has 2 aromatic rings. The Bertz CT molecular complexity index is 665. The SMILES string of the molecule is O=C1CCCN1CC1CCN(c2ccc(-c3cn[nH]c3)cc2)C1. The molecule has 2 aliphatic heterocycles. The summed E-state index contributed by atoms with van der Waals surface area (Å²) in [6.45, 7) is 4.02. The molecule has 2 aliphatic rings. The minimum Gasteiger partial charge on any atom is -0.371 e. The number of aromatic nitrogens is 2. The van der Waals surface area contributed by atoms with Gasteiger partial charge >= 0.3 is 0 Å². The monoisotopic (exact) mass is 310 g/mol. The van der Waals surface area contributed by atoms with Crippen LogP contribution in [0.5, 0.6) is 0 Å². The van der Waals surface area contributed by atoms with Gasteiger partial charge in [-0.2, -0.15) is 5.10 Å². The molecule has 5 heteroatoms. The third-order valence-electron chi connectivity index (χ3n) is 5.00. The maximum atomic E-state index is 11.8. The Hall–Kier alpha value is -2.30. The van der Waals surface area contributed by atoms with Crippen molar-refractivity contribution in [3.8, 4) is 11.1 Å². The Kier molecular flexibility index (Phi) is 3.77. The molecule has 1 amide bonds. The number of amides is 1. The minimum atomic E-state index is 0.341. The van der Waals surface area contributed by atoms with E-state index >= 15 is 0 Å². The van der Waals surface area contributed by atoms with E-state index in [1.807, 2.05) is 12.4 Å². The molecule has 1 aromatic heterocycles. The second kappa shape index (κ2) is 6.07. The van der Waals surface area contributed by atoms with Crippen LogP contribution in [0.3, 0.4) is 0 Å². The maximum absolute atomic E-state index is 11.8. The van der Waals surface area contributed by atoms with E-state index in [4.69, 9.17) is 0 Å². The van der Waals surface area contributed by atoms with Crippen molar-refractivity contribution < 1.29 is 4.79 Å². The zero-order chi connectivity index (χ0) is 15.6. The van der Waals surface area contributed by atoms with Gasteiger partial charge in [0.1, 0.15) is 0 Å². The molecule has 2 fully saturated rings. The number of hydrogen-bond donors (Lipinski definition) is 1. The third kappa shape index (κ3) is 2.96. The number of aromatic amines is 1. The van der Waals surface area contributed by atoms with Crippen LogP contribution in [-0.2, 0) is 4.79 Å². The number of anilines is 1. The van der Waals surface area contributed by atoms with E-state index in [0.717, 1.165) is 44.6 Å². The topological polar surface area (TPSA) is 52.2 Å². The molecule has 23 heavy (non-hydrogen) atoms. The van der Waals surface area contributed by atoms with Gasteiger partial charge < -0.3 is 9.80 Å². The lowest BCUT2D eigenvalue weighted by atomic mass is 10.1. The molecule has 1 N–H and O–H groups in total. The molecule has 3 heterocycles. The van der Waals surface area contributed by atoms with Gasteiger partial charge in [0, 0.05) is 50.0 Å². The van der Waals surface area contributed by atoms with Crippen molar-refractivity contribution in [1.29, 1.82) is 0 Å². The first-order valence-electron chi connectivity index (χ1n) is 8.41. The summed E-state index contributed by atoms with van der Waals surface area (Å²) in [5, 5.41) is 6.84. The second-order valence-corrected chi connectivity index (χ2v) is 6.58. The number of likely N-dealkylation sites (tertiary alicyclic amines) is 1. The van der Waals surface area contributed by atoms with Crippen molar-refractivity contribution in [2.45, 2.75) is 19.3 Å². The molecule has 120 valence electrons. The highest BCUT2D eigenvalue weighted by Crippen LogP contribution is 2.27. The van der Waals surface area contributed by atoms with Gasteiger partial charge in [0.05, 0.1) is 6.20 Å². The first-order valence-corrected chi connectivity index (χ1v) is 8.41. The summed E-state index contributed by atoms with van der Waals surface area (Å²) in [7, 11) is 0. The number of H-pyrrole nitrogens is 1. The van der Waals surface area contributed by atoms with Crippen LogP contribution in [0.15, 0.2) is 36.7 Å². The summed E-state index contributed by atoms with van der Waals surface area (Å²) in [4.78, 5) is 16.3. The molecule has 4 rings (SSSR count). The van der Waals surface area contributed by atoms with Crippen molar-refractivity contribution >= 4 is 11.6 Å². The van der Waals surface area contributed by atoms with E-state index in [9.17, 15) is 4.79 Å². The normalized spacial score (nSPS) is 21.4. The molecule has 0 aliphatic carbocycles. The number of benzene rings is 1. The molecule has 0 saturated carbocycles. The largest absolute Gasteiger partial charge is 0.371 e. The van der Waals surface area contributed by atoms with Crippen molar-refractivity contribution in [3.05, 3.63) is 36.7 Å². The highest BCUT2D eigenvalue weighted by atomic mass is 16.2. The summed E-state index contributed by atoms with van der Waals surface area (Å²) in [6.07, 6.45) is 6.70. The Labute approximate surface area is 136 Å². The Morgan fingerprint density at radius 3 is 2.74 bits per heavy atom. The highest BCUT2D eigenvalue weighted by Gasteiger charge is 2.28. The van der Waals surface area contributed by atoms with Gasteiger partial charge in [-0.15, -0.1) is 0 Å². The summed E-state index contributed by atoms with van der Waals surface area (Å²) < 4.78 is 0. The van der Waals surface area contributed by atoms with Crippen molar-refractivity contribution in [2.75, 3.05) is 31.1 Å². The maximum Gasteiger partial charge on any atom is 0.222 e. The molecular formula is C18H22N4O. The fraction of sp³-hybridized carbons (Fsp3) is 0.444. The van der Waals surface area contributed by atoms with E-state index < -0.39 is 0 Å². The lowest BCUT2D eigenvalue weighted by molar-refractivity contribution is -0.128. The average molecular weight is 310 g/mol. The van der Waals surface area contributed by atoms with Crippen LogP contribution in [0.25, 0.3) is 11.1 Å². The summed E-state index contributed by atoms with van der Waals surface area (Å²) >= 11 is 0. The molecule has 2 saturated heterocycles. The Morgan fingerprint density at radius 2 is 2.04 bits per heavy atom. The fourth-order valence-corrected chi connectivity index (χ4v) is 3.70. The lowest BCUT2D eigenvalue weighted by Crippen LogP contribution is -2.32.